The second kappa shape index (κ2) is 15.8. The maximum Gasteiger partial charge on any atom is 0.410 e. The summed E-state index contributed by atoms with van der Waals surface area (Å²) < 4.78 is 39.1. The quantitative estimate of drug-likeness (QED) is 0.368. The van der Waals surface area contributed by atoms with Crippen molar-refractivity contribution in [2.45, 2.75) is 142 Å². The average molecular weight is 760 g/mol. The van der Waals surface area contributed by atoms with E-state index in [1.165, 1.54) is 10.5 Å². The number of hydrogen-bond acceptors (Lipinski definition) is 9. The maximum atomic E-state index is 14.5. The SMILES string of the molecule is CC[C@H](C)[C@@H](NC(=O)[C@@H]1C[C@@H]2CN1C(=O)[C@H](C(C)(C)C)NC(=O)OCC(C)(C)CCCCc1cccc3c1CN(C3)C(=O)O2)C(=O)NS(=O)(=O)C1CC1. The molecule has 15 heteroatoms. The molecule has 4 bridgehead atoms. The van der Waals surface area contributed by atoms with Crippen molar-refractivity contribution in [2.75, 3.05) is 13.2 Å². The Balaban J connectivity index is 1.43. The van der Waals surface area contributed by atoms with Gasteiger partial charge in [-0.15, -0.1) is 0 Å². The number of alkyl carbamates (subject to hydrolysis) is 1. The summed E-state index contributed by atoms with van der Waals surface area (Å²) in [4.78, 5) is 71.8. The van der Waals surface area contributed by atoms with Gasteiger partial charge in [0.05, 0.1) is 18.4 Å². The Hall–Kier alpha value is -3.88. The first-order valence-corrected chi connectivity index (χ1v) is 20.5. The molecule has 4 aliphatic rings. The highest BCUT2D eigenvalue weighted by Crippen LogP contribution is 2.32. The van der Waals surface area contributed by atoms with Gasteiger partial charge in [-0.25, -0.2) is 18.0 Å². The van der Waals surface area contributed by atoms with E-state index in [0.717, 1.165) is 36.8 Å². The lowest BCUT2D eigenvalue weighted by Crippen LogP contribution is -2.60. The van der Waals surface area contributed by atoms with Crippen molar-refractivity contribution in [1.82, 2.24) is 25.2 Å². The van der Waals surface area contributed by atoms with E-state index in [4.69, 9.17) is 9.47 Å². The number of cyclic esters (lactones) is 1. The van der Waals surface area contributed by atoms with Gasteiger partial charge in [0.2, 0.25) is 21.8 Å². The lowest BCUT2D eigenvalue weighted by Gasteiger charge is -2.35. The van der Waals surface area contributed by atoms with Crippen molar-refractivity contribution in [2.24, 2.45) is 16.7 Å². The van der Waals surface area contributed by atoms with E-state index in [2.05, 4.69) is 21.4 Å². The Labute approximate surface area is 313 Å². The Morgan fingerprint density at radius 1 is 1.08 bits per heavy atom. The largest absolute Gasteiger partial charge is 0.449 e. The van der Waals surface area contributed by atoms with Gasteiger partial charge in [-0.3, -0.25) is 24.0 Å². The number of hydrogen-bond donors (Lipinski definition) is 3. The monoisotopic (exact) mass is 759 g/mol. The van der Waals surface area contributed by atoms with E-state index in [9.17, 15) is 32.4 Å². The number of nitrogens with zero attached hydrogens (tertiary/aromatic N) is 2. The Bertz CT molecular complexity index is 1690. The highest BCUT2D eigenvalue weighted by molar-refractivity contribution is 7.90. The molecule has 2 fully saturated rings. The van der Waals surface area contributed by atoms with E-state index >= 15 is 0 Å². The summed E-state index contributed by atoms with van der Waals surface area (Å²) in [7, 11) is -3.89. The molecule has 5 rings (SSSR count). The minimum Gasteiger partial charge on any atom is -0.449 e. The first-order chi connectivity index (χ1) is 24.8. The van der Waals surface area contributed by atoms with Crippen LogP contribution in [0.15, 0.2) is 18.2 Å². The third kappa shape index (κ3) is 9.81. The van der Waals surface area contributed by atoms with Crippen LogP contribution in [0.2, 0.25) is 0 Å². The summed E-state index contributed by atoms with van der Waals surface area (Å²) in [5.41, 5.74) is 2.18. The zero-order valence-corrected chi connectivity index (χ0v) is 33.0. The van der Waals surface area contributed by atoms with Gasteiger partial charge in [0.1, 0.15) is 24.2 Å². The normalized spacial score (nSPS) is 25.4. The molecule has 5 atom stereocenters. The van der Waals surface area contributed by atoms with Crippen LogP contribution in [0.3, 0.4) is 0 Å². The number of carbonyl (C=O) groups is 5. The molecule has 294 valence electrons. The van der Waals surface area contributed by atoms with E-state index in [1.54, 1.807) is 32.6 Å². The van der Waals surface area contributed by atoms with Crippen LogP contribution in [-0.4, -0.2) is 90.8 Å². The Kier molecular flexibility index (Phi) is 12.0. The van der Waals surface area contributed by atoms with Gasteiger partial charge in [-0.2, -0.15) is 0 Å². The fourth-order valence-corrected chi connectivity index (χ4v) is 8.62. The Morgan fingerprint density at radius 3 is 2.43 bits per heavy atom. The van der Waals surface area contributed by atoms with Crippen molar-refractivity contribution in [3.8, 4) is 0 Å². The molecule has 5 amide bonds. The van der Waals surface area contributed by atoms with Crippen LogP contribution < -0.4 is 15.4 Å². The van der Waals surface area contributed by atoms with Crippen LogP contribution in [-0.2, 0) is 53.4 Å². The number of carbonyl (C=O) groups excluding carboxylic acids is 5. The molecular formula is C38H57N5O9S. The molecule has 0 spiro atoms. The summed E-state index contributed by atoms with van der Waals surface area (Å²) in [5, 5.41) is 4.83. The molecule has 3 N–H and O–H groups in total. The number of fused-ring (bicyclic) bond motifs is 3. The molecule has 53 heavy (non-hydrogen) atoms. The first-order valence-electron chi connectivity index (χ1n) is 18.9. The topological polar surface area (TPSA) is 181 Å². The number of aryl methyl sites for hydroxylation is 1. The highest BCUT2D eigenvalue weighted by atomic mass is 32.2. The van der Waals surface area contributed by atoms with Crippen molar-refractivity contribution in [1.29, 1.82) is 0 Å². The number of benzene rings is 1. The van der Waals surface area contributed by atoms with Gasteiger partial charge in [0.15, 0.2) is 0 Å². The molecule has 0 aromatic heterocycles. The molecule has 1 saturated heterocycles. The van der Waals surface area contributed by atoms with Crippen molar-refractivity contribution < 1.29 is 41.9 Å². The van der Waals surface area contributed by atoms with Crippen molar-refractivity contribution >= 4 is 39.9 Å². The van der Waals surface area contributed by atoms with Crippen LogP contribution >= 0.6 is 0 Å². The van der Waals surface area contributed by atoms with Crippen LogP contribution in [0.4, 0.5) is 9.59 Å². The molecule has 0 unspecified atom stereocenters. The van der Waals surface area contributed by atoms with E-state index < -0.39 is 80.7 Å². The number of rotatable bonds is 7. The zero-order chi connectivity index (χ0) is 38.9. The minimum atomic E-state index is -3.89. The van der Waals surface area contributed by atoms with Gasteiger partial charge < -0.3 is 25.0 Å². The standard InChI is InChI=1S/C38H57N5O9S/c1-8-23(2)30(33(45)41-53(49,50)27-15-16-27)39-32(44)29-18-26-20-43(29)34(46)31(37(3,4)5)40-35(47)51-22-38(6,7)17-10-9-12-24-13-11-14-25-19-42(21-28(24)25)36(48)52-26/h11,13-14,23,26-27,29-31H,8-10,12,15-22H2,1-7H3,(H,39,44)(H,40,47)(H,41,45)/t23-,26+,29-,30+,31+/m0/s1. The van der Waals surface area contributed by atoms with Crippen LogP contribution in [0, 0.1) is 16.7 Å². The lowest BCUT2D eigenvalue weighted by atomic mass is 9.85. The highest BCUT2D eigenvalue weighted by Gasteiger charge is 2.48. The summed E-state index contributed by atoms with van der Waals surface area (Å²) in [6.45, 7) is 13.7. The molecule has 1 aromatic rings. The predicted octanol–water partition coefficient (Wildman–Crippen LogP) is 4.14. The summed E-state index contributed by atoms with van der Waals surface area (Å²) in [6, 6.07) is 2.55. The number of amides is 5. The predicted molar refractivity (Wildman–Crippen MR) is 197 cm³/mol. The smallest absolute Gasteiger partial charge is 0.410 e. The summed E-state index contributed by atoms with van der Waals surface area (Å²) >= 11 is 0. The van der Waals surface area contributed by atoms with Gasteiger partial charge in [-0.1, -0.05) is 79.5 Å². The molecule has 3 aliphatic heterocycles. The number of ether oxygens (including phenoxy) is 2. The maximum absolute atomic E-state index is 14.5. The first kappa shape index (κ1) is 40.3. The molecule has 1 aromatic carbocycles. The fourth-order valence-electron chi connectivity index (χ4n) is 7.29. The van der Waals surface area contributed by atoms with E-state index in [0.29, 0.717) is 32.4 Å². The third-order valence-corrected chi connectivity index (χ3v) is 12.8. The molecule has 3 heterocycles. The van der Waals surface area contributed by atoms with Crippen LogP contribution in [0.1, 0.15) is 110 Å². The number of sulfonamides is 1. The van der Waals surface area contributed by atoms with Crippen molar-refractivity contribution in [3.05, 3.63) is 34.9 Å². The molecule has 0 radical (unpaired) electrons. The van der Waals surface area contributed by atoms with E-state index in [1.807, 2.05) is 32.9 Å². The van der Waals surface area contributed by atoms with Crippen LogP contribution in [0.5, 0.6) is 0 Å². The average Bonchev–Trinajstić information content (AvgIpc) is 3.73. The number of nitrogens with one attached hydrogen (secondary N) is 3. The zero-order valence-electron chi connectivity index (χ0n) is 32.2. The van der Waals surface area contributed by atoms with Gasteiger partial charge in [0, 0.05) is 19.5 Å². The molecular weight excluding hydrogens is 703 g/mol. The summed E-state index contributed by atoms with van der Waals surface area (Å²) in [6.07, 6.45) is 2.57. The van der Waals surface area contributed by atoms with Gasteiger partial charge in [-0.05, 0) is 65.5 Å². The van der Waals surface area contributed by atoms with Gasteiger partial charge >= 0.3 is 12.2 Å². The molecule has 1 aliphatic carbocycles. The Morgan fingerprint density at radius 2 is 1.77 bits per heavy atom. The lowest BCUT2D eigenvalue weighted by molar-refractivity contribution is -0.142. The molecule has 1 saturated carbocycles. The van der Waals surface area contributed by atoms with Crippen LogP contribution in [0.25, 0.3) is 0 Å². The second-order valence-electron chi connectivity index (χ2n) is 17.1. The molecule has 14 nitrogen and oxygen atoms in total. The fraction of sp³-hybridized carbons (Fsp3) is 0.711. The summed E-state index contributed by atoms with van der Waals surface area (Å²) in [5.74, 6) is -2.58. The van der Waals surface area contributed by atoms with Gasteiger partial charge in [0.25, 0.3) is 5.91 Å². The van der Waals surface area contributed by atoms with Crippen molar-refractivity contribution in [3.63, 3.8) is 0 Å². The third-order valence-electron chi connectivity index (χ3n) is 11.0. The van der Waals surface area contributed by atoms with E-state index in [-0.39, 0.29) is 25.0 Å². The second-order valence-corrected chi connectivity index (χ2v) is 19.1. The minimum absolute atomic E-state index is 0.0694.